The Morgan fingerprint density at radius 3 is 2.70 bits per heavy atom. The molecule has 0 radical (unpaired) electrons. The second kappa shape index (κ2) is 14.9. The Morgan fingerprint density at radius 1 is 1.00 bits per heavy atom. The standard InChI is InChI=1S/C38H32BF5N10O2/c40-38(41,42)25-5-1-4-24(18-25)33-12-13-34-36(48-33)54(32-15-17-51(34)23-32)37(56)47-27-6-2-7-31(20-27)53-22-29(49-50-53)21-45-35(55)14-11-26-9-10-28(46-26)19-30-8-3-16-52(30)39(43)44/h1-10,12-13,16,18-20,22,32H,11,14-15,17,21,23H2,(H,45,55)(H,47,56)/b28-19-/t32-/m0/s1. The van der Waals surface area contributed by atoms with Gasteiger partial charge in [0.1, 0.15) is 5.69 Å². The topological polar surface area (TPSA) is 126 Å². The summed E-state index contributed by atoms with van der Waals surface area (Å²) < 4.78 is 69.0. The van der Waals surface area contributed by atoms with E-state index in [1.165, 1.54) is 23.0 Å². The van der Waals surface area contributed by atoms with E-state index in [1.54, 1.807) is 77.9 Å². The second-order valence-corrected chi connectivity index (χ2v) is 13.4. The molecule has 0 spiro atoms. The minimum atomic E-state index is -4.51. The zero-order valence-corrected chi connectivity index (χ0v) is 29.5. The summed E-state index contributed by atoms with van der Waals surface area (Å²) >= 11 is 0. The Bertz CT molecular complexity index is 2400. The summed E-state index contributed by atoms with van der Waals surface area (Å²) in [5.74, 6) is 0.142. The van der Waals surface area contributed by atoms with Crippen LogP contribution in [0.4, 0.5) is 43.8 Å². The maximum Gasteiger partial charge on any atom is 0.677 e. The first-order chi connectivity index (χ1) is 27.0. The Balaban J connectivity index is 0.892. The number of benzene rings is 2. The van der Waals surface area contributed by atoms with Crippen LogP contribution in [0.3, 0.4) is 0 Å². The van der Waals surface area contributed by atoms with Crippen molar-refractivity contribution in [2.45, 2.75) is 38.0 Å². The molecule has 12 nitrogen and oxygen atoms in total. The molecule has 3 amide bonds. The van der Waals surface area contributed by atoms with E-state index >= 15 is 0 Å². The lowest BCUT2D eigenvalue weighted by molar-refractivity contribution is -0.137. The average Bonchev–Trinajstić information content (AvgIpc) is 4.02. The molecule has 2 bridgehead atoms. The second-order valence-electron chi connectivity index (χ2n) is 13.4. The van der Waals surface area contributed by atoms with Gasteiger partial charge in [-0.1, -0.05) is 23.4 Å². The van der Waals surface area contributed by atoms with Crippen LogP contribution in [0, 0.1) is 0 Å². The molecule has 18 heteroatoms. The maximum absolute atomic E-state index is 13.9. The molecule has 3 aliphatic heterocycles. The van der Waals surface area contributed by atoms with Crippen molar-refractivity contribution < 1.29 is 31.4 Å². The summed E-state index contributed by atoms with van der Waals surface area (Å²) in [6, 6.07) is 17.9. The van der Waals surface area contributed by atoms with Crippen LogP contribution in [0.2, 0.25) is 0 Å². The Labute approximate surface area is 317 Å². The third-order valence-electron chi connectivity index (χ3n) is 9.67. The number of carbonyl (C=O) groups is 2. The third-order valence-corrected chi connectivity index (χ3v) is 9.67. The normalized spacial score (nSPS) is 16.6. The highest BCUT2D eigenvalue weighted by Crippen LogP contribution is 2.41. The van der Waals surface area contributed by atoms with Gasteiger partial charge in [-0.2, -0.15) is 13.2 Å². The van der Waals surface area contributed by atoms with Gasteiger partial charge in [-0.3, -0.25) is 23.3 Å². The van der Waals surface area contributed by atoms with Crippen molar-refractivity contribution in [3.8, 4) is 16.9 Å². The van der Waals surface area contributed by atoms with E-state index in [0.717, 1.165) is 22.3 Å². The van der Waals surface area contributed by atoms with E-state index in [4.69, 9.17) is 4.98 Å². The largest absolute Gasteiger partial charge is 0.677 e. The number of hydrogen-bond donors (Lipinski definition) is 2. The molecule has 3 aromatic heterocycles. The number of rotatable bonds is 10. The predicted molar refractivity (Wildman–Crippen MR) is 202 cm³/mol. The van der Waals surface area contributed by atoms with Crippen molar-refractivity contribution in [1.29, 1.82) is 0 Å². The quantitative estimate of drug-likeness (QED) is 0.117. The summed E-state index contributed by atoms with van der Waals surface area (Å²) in [4.78, 5) is 39.4. The first-order valence-corrected chi connectivity index (χ1v) is 17.7. The van der Waals surface area contributed by atoms with Gasteiger partial charge in [-0.05, 0) is 91.9 Å². The van der Waals surface area contributed by atoms with E-state index in [2.05, 4.69) is 30.8 Å². The number of alkyl halides is 3. The zero-order chi connectivity index (χ0) is 39.0. The van der Waals surface area contributed by atoms with Gasteiger partial charge in [0.25, 0.3) is 0 Å². The predicted octanol–water partition coefficient (Wildman–Crippen LogP) is 7.00. The molecule has 284 valence electrons. The summed E-state index contributed by atoms with van der Waals surface area (Å²) in [5.41, 5.74) is 3.63. The number of hydrogen-bond acceptors (Lipinski definition) is 7. The highest BCUT2D eigenvalue weighted by Gasteiger charge is 2.40. The highest BCUT2D eigenvalue weighted by molar-refractivity contribution is 6.41. The number of nitrogens with one attached hydrogen (secondary N) is 2. The summed E-state index contributed by atoms with van der Waals surface area (Å²) in [6.45, 7) is 1.44. The molecule has 8 rings (SSSR count). The number of aromatic nitrogens is 5. The molecule has 6 heterocycles. The van der Waals surface area contributed by atoms with Crippen molar-refractivity contribution in [3.05, 3.63) is 120 Å². The van der Waals surface area contributed by atoms with Crippen LogP contribution < -0.4 is 20.4 Å². The molecule has 2 aromatic carbocycles. The van der Waals surface area contributed by atoms with Crippen molar-refractivity contribution in [2.24, 2.45) is 4.99 Å². The molecule has 1 fully saturated rings. The van der Waals surface area contributed by atoms with E-state index in [-0.39, 0.29) is 24.9 Å². The number of nitrogens with zero attached hydrogens (tertiary/aromatic N) is 8. The van der Waals surface area contributed by atoms with Gasteiger partial charge in [0.15, 0.2) is 5.82 Å². The molecule has 0 aliphatic carbocycles. The number of anilines is 3. The van der Waals surface area contributed by atoms with Gasteiger partial charge in [0.2, 0.25) is 5.91 Å². The van der Waals surface area contributed by atoms with E-state index in [1.807, 2.05) is 0 Å². The van der Waals surface area contributed by atoms with E-state index in [0.29, 0.717) is 77.2 Å². The fourth-order valence-electron chi connectivity index (χ4n) is 6.92. The Hall–Kier alpha value is -6.59. The van der Waals surface area contributed by atoms with Gasteiger partial charge in [0, 0.05) is 42.2 Å². The van der Waals surface area contributed by atoms with Crippen LogP contribution in [0.1, 0.15) is 36.2 Å². The monoisotopic (exact) mass is 766 g/mol. The Kier molecular flexibility index (Phi) is 9.70. The minimum Gasteiger partial charge on any atom is -0.366 e. The number of halogens is 5. The number of carbonyl (C=O) groups excluding carboxylic acids is 2. The lowest BCUT2D eigenvalue weighted by atomic mass is 10.1. The number of pyridine rings is 1. The molecule has 1 atom stereocenters. The van der Waals surface area contributed by atoms with Crippen molar-refractivity contribution in [2.75, 3.05) is 28.2 Å². The molecular formula is C38H32BF5N10O2. The zero-order valence-electron chi connectivity index (χ0n) is 29.5. The fourth-order valence-corrected chi connectivity index (χ4v) is 6.92. The molecule has 3 aliphatic rings. The van der Waals surface area contributed by atoms with Crippen LogP contribution in [-0.4, -0.2) is 68.6 Å². The lowest BCUT2D eigenvalue weighted by Crippen LogP contribution is -2.48. The van der Waals surface area contributed by atoms with E-state index < -0.39 is 25.2 Å². The van der Waals surface area contributed by atoms with Crippen LogP contribution in [0.15, 0.2) is 108 Å². The van der Waals surface area contributed by atoms with Gasteiger partial charge >= 0.3 is 19.6 Å². The third kappa shape index (κ3) is 7.67. The smallest absolute Gasteiger partial charge is 0.366 e. The summed E-state index contributed by atoms with van der Waals surface area (Å²) in [6.07, 6.45) is 4.68. The molecule has 5 aromatic rings. The van der Waals surface area contributed by atoms with Gasteiger partial charge in [-0.15, -0.1) is 5.10 Å². The fraction of sp³-hybridized carbons (Fsp3) is 0.211. The van der Waals surface area contributed by atoms with Crippen LogP contribution >= 0.6 is 0 Å². The Morgan fingerprint density at radius 2 is 1.86 bits per heavy atom. The van der Waals surface area contributed by atoms with Gasteiger partial charge in [-0.25, -0.2) is 14.5 Å². The lowest BCUT2D eigenvalue weighted by Gasteiger charge is -2.36. The number of amides is 3. The highest BCUT2D eigenvalue weighted by atomic mass is 19.4. The number of fused-ring (bicyclic) bond motifs is 4. The first kappa shape index (κ1) is 36.4. The molecule has 0 saturated carbocycles. The molecule has 0 unspecified atom stereocenters. The van der Waals surface area contributed by atoms with E-state index in [9.17, 15) is 31.4 Å². The summed E-state index contributed by atoms with van der Waals surface area (Å²) in [5, 5.41) is 14.1. The number of aliphatic imine (C=N–C) groups is 1. The summed E-state index contributed by atoms with van der Waals surface area (Å²) in [7, 11) is -2.66. The van der Waals surface area contributed by atoms with Crippen LogP contribution in [0.25, 0.3) is 23.0 Å². The van der Waals surface area contributed by atoms with Gasteiger partial charge < -0.3 is 20.0 Å². The average molecular weight is 767 g/mol. The molecule has 2 N–H and O–H groups in total. The van der Waals surface area contributed by atoms with Crippen molar-refractivity contribution in [3.63, 3.8) is 0 Å². The maximum atomic E-state index is 13.9. The van der Waals surface area contributed by atoms with Gasteiger partial charge in [0.05, 0.1) is 47.1 Å². The number of allylic oxidation sites excluding steroid dienone is 2. The van der Waals surface area contributed by atoms with Crippen molar-refractivity contribution >= 4 is 48.3 Å². The van der Waals surface area contributed by atoms with Crippen LogP contribution in [-0.2, 0) is 17.5 Å². The molecular weight excluding hydrogens is 734 g/mol. The van der Waals surface area contributed by atoms with Crippen molar-refractivity contribution in [1.82, 2.24) is 29.8 Å². The SMILES string of the molecule is O=C(CCC1=N/C(=C\c2cccn2B(F)F)C=C1)NCc1cn(-c2cccc(NC(=O)N3c4nc(-c5cccc(C(F)(F)F)c5)ccc4N4CC[C@H]3C4)c2)nn1. The molecule has 56 heavy (non-hydrogen) atoms. The molecule has 1 saturated heterocycles. The number of urea groups is 1. The first-order valence-electron chi connectivity index (χ1n) is 17.7. The van der Waals surface area contributed by atoms with Crippen LogP contribution in [0.5, 0.6) is 0 Å². The minimum absolute atomic E-state index is 0.121.